The Bertz CT molecular complexity index is 3310. The van der Waals surface area contributed by atoms with Crippen LogP contribution in [-0.2, 0) is 89.0 Å². The lowest BCUT2D eigenvalue weighted by molar-refractivity contribution is -0.172. The fourth-order valence-corrected chi connectivity index (χ4v) is 10.7. The van der Waals surface area contributed by atoms with Crippen LogP contribution in [0.4, 0.5) is 4.39 Å². The number of carbonyl (C=O) groups is 10. The smallest absolute Gasteiger partial charge is 0.343 e. The zero-order valence-electron chi connectivity index (χ0n) is 45.2. The number of esters is 2. The summed E-state index contributed by atoms with van der Waals surface area (Å²) in [5.74, 6) is -6.83. The summed E-state index contributed by atoms with van der Waals surface area (Å²) in [5.41, 5.74) is 1.30. The van der Waals surface area contributed by atoms with Crippen LogP contribution in [0.1, 0.15) is 137 Å². The number of aliphatic hydroxyl groups is 1. The van der Waals surface area contributed by atoms with Crippen LogP contribution < -0.4 is 26.8 Å². The molecular formula is C58H64FN7O14. The van der Waals surface area contributed by atoms with Gasteiger partial charge in [-0.25, -0.2) is 14.2 Å². The number of rotatable bonds is 23. The maximum absolute atomic E-state index is 15.4. The minimum atomic E-state index is -2.05. The van der Waals surface area contributed by atoms with Crippen LogP contribution in [-0.4, -0.2) is 109 Å². The van der Waals surface area contributed by atoms with Gasteiger partial charge in [-0.05, 0) is 94.5 Å². The van der Waals surface area contributed by atoms with Gasteiger partial charge < -0.3 is 40.4 Å². The van der Waals surface area contributed by atoms with Crippen LogP contribution in [0.5, 0.6) is 0 Å². The number of nitrogens with one attached hydrogen (secondary N) is 4. The van der Waals surface area contributed by atoms with Crippen molar-refractivity contribution in [2.24, 2.45) is 0 Å². The molecule has 4 aliphatic rings. The number of halogens is 1. The van der Waals surface area contributed by atoms with Gasteiger partial charge in [0.1, 0.15) is 24.1 Å². The number of Topliss-reactive ketones (excluding diaryl/α,β-unsaturated/α-hetero) is 2. The van der Waals surface area contributed by atoms with Crippen LogP contribution in [0.2, 0.25) is 0 Å². The Kier molecular flexibility index (Phi) is 17.4. The van der Waals surface area contributed by atoms with E-state index in [0.717, 1.165) is 23.3 Å². The molecule has 0 fully saturated rings. The molecule has 2 aromatic heterocycles. The summed E-state index contributed by atoms with van der Waals surface area (Å²) in [6, 6.07) is 8.71. The lowest BCUT2D eigenvalue weighted by Gasteiger charge is -2.31. The second-order valence-corrected chi connectivity index (χ2v) is 21.5. The van der Waals surface area contributed by atoms with Crippen LogP contribution in [0, 0.1) is 12.7 Å². The molecule has 1 aliphatic carbocycles. The molecule has 0 saturated carbocycles. The standard InChI is InChI=1S/C58H64FN7O14/c1-6-58(78)37-26-43-53-35(29-65(43)55(76)36(37)30-79-56(58)77)52-39(16-15-34-31(2)38(59)27-41(64-53)51(34)52)62-46(70)13-10-24-60-45(69)20-18-44(68)40(25-32-11-8-7-9-12-32)63-47(71)19-14-33(67)28-61-54(75)42(66-48(72)21-22-49(66)73)17-23-50(74)80-57(3,4)5/h7-9,11-12,21-22,26-27,39-40,42,78H,6,10,13-20,23-25,28-30H2,1-5H3,(H,60,69)(H,61,75)(H,62,70)(H,63,71)/t39-,40-,42-,58-/m0/s1. The molecule has 4 atom stereocenters. The molecule has 422 valence electrons. The van der Waals surface area contributed by atoms with E-state index in [1.54, 1.807) is 71.0 Å². The lowest BCUT2D eigenvalue weighted by Crippen LogP contribution is -2.50. The first-order valence-corrected chi connectivity index (χ1v) is 26.8. The van der Waals surface area contributed by atoms with Crippen molar-refractivity contribution in [3.8, 4) is 11.4 Å². The number of pyridine rings is 2. The topological polar surface area (TPSA) is 296 Å². The third-order valence-corrected chi connectivity index (χ3v) is 14.8. The fraction of sp³-hybridized carbons (Fsp3) is 0.448. The van der Waals surface area contributed by atoms with Gasteiger partial charge in [-0.3, -0.25) is 52.8 Å². The first-order valence-electron chi connectivity index (χ1n) is 26.8. The molecule has 22 heteroatoms. The Morgan fingerprint density at radius 3 is 2.30 bits per heavy atom. The minimum Gasteiger partial charge on any atom is -0.460 e. The van der Waals surface area contributed by atoms with Crippen molar-refractivity contribution in [1.82, 2.24) is 35.7 Å². The molecule has 5 heterocycles. The van der Waals surface area contributed by atoms with E-state index in [1.165, 1.54) is 10.6 Å². The third-order valence-electron chi connectivity index (χ3n) is 14.8. The van der Waals surface area contributed by atoms with Crippen molar-refractivity contribution in [2.75, 3.05) is 13.1 Å². The summed E-state index contributed by atoms with van der Waals surface area (Å²) in [5, 5.41) is 23.0. The highest BCUT2D eigenvalue weighted by Crippen LogP contribution is 2.46. The Labute approximate surface area is 459 Å². The molecule has 5 N–H and O–H groups in total. The molecule has 0 radical (unpaired) electrons. The molecule has 0 saturated heterocycles. The highest BCUT2D eigenvalue weighted by Gasteiger charge is 2.46. The summed E-state index contributed by atoms with van der Waals surface area (Å²) in [6.07, 6.45) is 1.36. The Hall–Kier alpha value is -8.27. The highest BCUT2D eigenvalue weighted by molar-refractivity contribution is 6.15. The number of imide groups is 1. The number of aromatic nitrogens is 2. The second-order valence-electron chi connectivity index (χ2n) is 21.5. The van der Waals surface area contributed by atoms with E-state index in [2.05, 4.69) is 21.3 Å². The average molecular weight is 1100 g/mol. The number of benzene rings is 2. The summed E-state index contributed by atoms with van der Waals surface area (Å²) < 4.78 is 27.4. The Morgan fingerprint density at radius 1 is 0.887 bits per heavy atom. The molecule has 4 aromatic rings. The highest BCUT2D eigenvalue weighted by atomic mass is 19.1. The van der Waals surface area contributed by atoms with Crippen LogP contribution in [0.3, 0.4) is 0 Å². The van der Waals surface area contributed by atoms with E-state index in [4.69, 9.17) is 14.5 Å². The SMILES string of the molecule is CC[C@@]1(O)C(=O)OCc2c1cc1n(c2=O)Cc2c-1nc1cc(F)c(C)c3c1c2[C@@H](NC(=O)CCCNC(=O)CCC(=O)[C@H](Cc1ccccc1)NC(=O)CCC(=O)CNC(=O)[C@H](CCC(=O)OC(C)(C)C)N1C(=O)C=CC1=O)CC3. The van der Waals surface area contributed by atoms with Crippen molar-refractivity contribution < 1.29 is 66.9 Å². The van der Waals surface area contributed by atoms with Gasteiger partial charge in [0.15, 0.2) is 17.2 Å². The number of carbonyl (C=O) groups excluding carboxylic acids is 10. The summed E-state index contributed by atoms with van der Waals surface area (Å²) in [6.45, 7) is 7.57. The average Bonchev–Trinajstić information content (AvgIpc) is 3.95. The second kappa shape index (κ2) is 24.0. The summed E-state index contributed by atoms with van der Waals surface area (Å²) >= 11 is 0. The monoisotopic (exact) mass is 1100 g/mol. The molecule has 80 heavy (non-hydrogen) atoms. The third kappa shape index (κ3) is 12.6. The zero-order valence-corrected chi connectivity index (χ0v) is 45.2. The van der Waals surface area contributed by atoms with Gasteiger partial charge >= 0.3 is 11.9 Å². The van der Waals surface area contributed by atoms with Crippen LogP contribution in [0.15, 0.2) is 59.4 Å². The van der Waals surface area contributed by atoms with Crippen molar-refractivity contribution in [3.05, 3.63) is 110 Å². The van der Waals surface area contributed by atoms with E-state index in [-0.39, 0.29) is 101 Å². The molecule has 0 spiro atoms. The quantitative estimate of drug-likeness (QED) is 0.0356. The van der Waals surface area contributed by atoms with Crippen LogP contribution >= 0.6 is 0 Å². The van der Waals surface area contributed by atoms with Gasteiger partial charge in [0.25, 0.3) is 17.4 Å². The molecular weight excluding hydrogens is 1040 g/mol. The minimum absolute atomic E-state index is 0.00617. The number of amides is 6. The van der Waals surface area contributed by atoms with Crippen molar-refractivity contribution in [3.63, 3.8) is 0 Å². The number of ketones is 2. The predicted octanol–water partition coefficient (Wildman–Crippen LogP) is 3.48. The first-order chi connectivity index (χ1) is 38.0. The largest absolute Gasteiger partial charge is 0.460 e. The van der Waals surface area contributed by atoms with E-state index in [0.29, 0.717) is 56.7 Å². The zero-order chi connectivity index (χ0) is 57.8. The number of hydrogen-bond donors (Lipinski definition) is 5. The number of ether oxygens (including phenoxy) is 2. The normalized spacial score (nSPS) is 17.7. The van der Waals surface area contributed by atoms with E-state index in [9.17, 15) is 57.8 Å². The molecule has 21 nitrogen and oxygen atoms in total. The Morgan fingerprint density at radius 2 is 1.60 bits per heavy atom. The maximum atomic E-state index is 15.4. The lowest BCUT2D eigenvalue weighted by atomic mass is 9.81. The summed E-state index contributed by atoms with van der Waals surface area (Å²) in [4.78, 5) is 149. The maximum Gasteiger partial charge on any atom is 0.343 e. The van der Waals surface area contributed by atoms with Gasteiger partial charge in [-0.2, -0.15) is 0 Å². The molecule has 3 aliphatic heterocycles. The van der Waals surface area contributed by atoms with Gasteiger partial charge in [0.05, 0.1) is 47.6 Å². The van der Waals surface area contributed by atoms with Gasteiger partial charge in [0.2, 0.25) is 23.6 Å². The number of nitrogens with zero attached hydrogens (tertiary/aromatic N) is 3. The van der Waals surface area contributed by atoms with Gasteiger partial charge in [-0.15, -0.1) is 0 Å². The number of hydrogen-bond acceptors (Lipinski definition) is 15. The predicted molar refractivity (Wildman–Crippen MR) is 284 cm³/mol. The van der Waals surface area contributed by atoms with Gasteiger partial charge in [0, 0.05) is 79.8 Å². The summed E-state index contributed by atoms with van der Waals surface area (Å²) in [7, 11) is 0. The van der Waals surface area contributed by atoms with E-state index < -0.39 is 100 Å². The molecule has 0 unspecified atom stereocenters. The molecule has 6 amide bonds. The first kappa shape index (κ1) is 57.9. The number of cyclic esters (lactones) is 1. The Balaban J connectivity index is 0.830. The fourth-order valence-electron chi connectivity index (χ4n) is 10.7. The van der Waals surface area contributed by atoms with Gasteiger partial charge in [-0.1, -0.05) is 37.3 Å². The molecule has 2 aromatic carbocycles. The van der Waals surface area contributed by atoms with Crippen molar-refractivity contribution >= 4 is 69.9 Å². The van der Waals surface area contributed by atoms with E-state index >= 15 is 4.39 Å². The van der Waals surface area contributed by atoms with E-state index in [1.807, 2.05) is 0 Å². The number of aryl methyl sites for hydroxylation is 1. The molecule has 8 rings (SSSR count). The number of fused-ring (bicyclic) bond motifs is 5. The van der Waals surface area contributed by atoms with Crippen LogP contribution in [0.25, 0.3) is 22.3 Å². The molecule has 0 bridgehead atoms. The van der Waals surface area contributed by atoms with Crippen molar-refractivity contribution in [2.45, 2.75) is 154 Å². The van der Waals surface area contributed by atoms with Crippen molar-refractivity contribution in [1.29, 1.82) is 0 Å².